The summed E-state index contributed by atoms with van der Waals surface area (Å²) in [5.74, 6) is 0. The molecule has 0 fully saturated rings. The largest absolute Gasteiger partial charge is 0.455 e. The molecule has 1 nitrogen and oxygen atoms in total. The van der Waals surface area contributed by atoms with E-state index in [1.807, 2.05) is 12.1 Å². The van der Waals surface area contributed by atoms with Crippen LogP contribution in [0.15, 0.2) is 144 Å². The van der Waals surface area contributed by atoms with Crippen LogP contribution in [0.4, 0.5) is 0 Å². The summed E-state index contributed by atoms with van der Waals surface area (Å²) >= 11 is 0. The molecule has 0 radical (unpaired) electrons. The second-order valence-corrected chi connectivity index (χ2v) is 10.6. The van der Waals surface area contributed by atoms with Crippen molar-refractivity contribution in [1.82, 2.24) is 0 Å². The van der Waals surface area contributed by atoms with Gasteiger partial charge in [-0.05, 0) is 74.5 Å². The average molecular weight is 511 g/mol. The van der Waals surface area contributed by atoms with Crippen LogP contribution < -0.4 is 0 Å². The predicted octanol–water partition coefficient (Wildman–Crippen LogP) is 11.2. The van der Waals surface area contributed by atoms with Gasteiger partial charge in [-0.2, -0.15) is 0 Å². The van der Waals surface area contributed by atoms with Crippen molar-refractivity contribution in [3.63, 3.8) is 0 Å². The Balaban J connectivity index is 1.25. The molecule has 0 saturated heterocycles. The molecule has 0 spiro atoms. The van der Waals surface area contributed by atoms with Crippen LogP contribution in [0.1, 0.15) is 5.56 Å². The van der Waals surface area contributed by atoms with Crippen molar-refractivity contribution < 1.29 is 4.42 Å². The Hall–Kier alpha value is -5.14. The fourth-order valence-corrected chi connectivity index (χ4v) is 6.07. The monoisotopic (exact) mass is 510 g/mol. The Kier molecular flexibility index (Phi) is 5.11. The molecule has 0 aliphatic heterocycles. The van der Waals surface area contributed by atoms with E-state index in [0.29, 0.717) is 0 Å². The Labute approximate surface area is 232 Å². The van der Waals surface area contributed by atoms with Gasteiger partial charge in [-0.25, -0.2) is 0 Å². The van der Waals surface area contributed by atoms with E-state index in [1.54, 1.807) is 0 Å². The number of fused-ring (bicyclic) bond motifs is 6. The van der Waals surface area contributed by atoms with Crippen molar-refractivity contribution in [2.45, 2.75) is 6.92 Å². The van der Waals surface area contributed by atoms with Gasteiger partial charge >= 0.3 is 0 Å². The molecule has 0 N–H and O–H groups in total. The molecule has 40 heavy (non-hydrogen) atoms. The number of aryl methyl sites for hydroxylation is 1. The predicted molar refractivity (Wildman–Crippen MR) is 170 cm³/mol. The van der Waals surface area contributed by atoms with Crippen LogP contribution in [0.3, 0.4) is 0 Å². The van der Waals surface area contributed by atoms with Gasteiger partial charge in [0.1, 0.15) is 11.2 Å². The van der Waals surface area contributed by atoms with E-state index < -0.39 is 0 Å². The lowest BCUT2D eigenvalue weighted by atomic mass is 9.91. The van der Waals surface area contributed by atoms with Crippen molar-refractivity contribution in [2.24, 2.45) is 0 Å². The van der Waals surface area contributed by atoms with Gasteiger partial charge in [0.2, 0.25) is 0 Å². The first-order valence-corrected chi connectivity index (χ1v) is 13.8. The summed E-state index contributed by atoms with van der Waals surface area (Å²) in [6, 6.07) is 50.3. The molecule has 0 bridgehead atoms. The van der Waals surface area contributed by atoms with E-state index in [9.17, 15) is 0 Å². The van der Waals surface area contributed by atoms with Crippen molar-refractivity contribution in [2.75, 3.05) is 0 Å². The van der Waals surface area contributed by atoms with E-state index in [2.05, 4.69) is 134 Å². The molecule has 0 aliphatic carbocycles. The average Bonchev–Trinajstić information content (AvgIpc) is 3.40. The number of benzene rings is 7. The minimum Gasteiger partial charge on any atom is -0.455 e. The highest BCUT2D eigenvalue weighted by Gasteiger charge is 2.13. The van der Waals surface area contributed by atoms with Crippen LogP contribution in [-0.4, -0.2) is 0 Å². The van der Waals surface area contributed by atoms with Crippen LogP contribution in [0, 0.1) is 6.92 Å². The van der Waals surface area contributed by atoms with Gasteiger partial charge < -0.3 is 4.42 Å². The maximum Gasteiger partial charge on any atom is 0.143 e. The van der Waals surface area contributed by atoms with Crippen LogP contribution in [-0.2, 0) is 0 Å². The second-order valence-electron chi connectivity index (χ2n) is 10.6. The first-order valence-electron chi connectivity index (χ1n) is 13.8. The molecule has 8 rings (SSSR count). The summed E-state index contributed by atoms with van der Waals surface area (Å²) in [6.45, 7) is 2.13. The zero-order valence-electron chi connectivity index (χ0n) is 22.2. The maximum absolute atomic E-state index is 6.31. The van der Waals surface area contributed by atoms with E-state index in [0.717, 1.165) is 33.1 Å². The summed E-state index contributed by atoms with van der Waals surface area (Å²) in [5.41, 5.74) is 10.4. The number of rotatable bonds is 3. The smallest absolute Gasteiger partial charge is 0.143 e. The fraction of sp³-hybridized carbons (Fsp3) is 0.0256. The van der Waals surface area contributed by atoms with Crippen LogP contribution in [0.5, 0.6) is 0 Å². The maximum atomic E-state index is 6.31. The Morgan fingerprint density at radius 3 is 1.82 bits per heavy atom. The number of hydrogen-bond donors (Lipinski definition) is 0. The Bertz CT molecular complexity index is 2200. The highest BCUT2D eigenvalue weighted by atomic mass is 16.3. The third-order valence-corrected chi connectivity index (χ3v) is 8.16. The molecule has 188 valence electrons. The molecule has 0 amide bonds. The number of furan rings is 1. The molecule has 0 unspecified atom stereocenters. The highest BCUT2D eigenvalue weighted by molar-refractivity contribution is 6.15. The van der Waals surface area contributed by atoms with Crippen LogP contribution >= 0.6 is 0 Å². The van der Waals surface area contributed by atoms with Crippen molar-refractivity contribution >= 4 is 43.5 Å². The van der Waals surface area contributed by atoms with E-state index in [4.69, 9.17) is 4.42 Å². The SMILES string of the molecule is Cc1ccc(-c2ccc3cc(-c4ccc(-c5cccc6c5oc5ccccc56)cc4)c4ccccc4c3c2)cc1. The van der Waals surface area contributed by atoms with Gasteiger partial charge in [-0.3, -0.25) is 0 Å². The van der Waals surface area contributed by atoms with Crippen molar-refractivity contribution in [3.8, 4) is 33.4 Å². The first-order chi connectivity index (χ1) is 19.7. The molecule has 1 heteroatoms. The van der Waals surface area contributed by atoms with Gasteiger partial charge in [0.05, 0.1) is 0 Å². The molecule has 0 aliphatic rings. The number of hydrogen-bond acceptors (Lipinski definition) is 1. The topological polar surface area (TPSA) is 13.1 Å². The Morgan fingerprint density at radius 2 is 1.02 bits per heavy atom. The third-order valence-electron chi connectivity index (χ3n) is 8.16. The second kappa shape index (κ2) is 8.97. The summed E-state index contributed by atoms with van der Waals surface area (Å²) in [6.07, 6.45) is 0. The zero-order valence-corrected chi connectivity index (χ0v) is 22.2. The van der Waals surface area contributed by atoms with E-state index >= 15 is 0 Å². The molecule has 0 saturated carbocycles. The molecule has 8 aromatic rings. The Morgan fingerprint density at radius 1 is 0.400 bits per heavy atom. The number of para-hydroxylation sites is 2. The summed E-state index contributed by atoms with van der Waals surface area (Å²) in [7, 11) is 0. The zero-order chi connectivity index (χ0) is 26.6. The molecular weight excluding hydrogens is 484 g/mol. The standard InChI is InChI=1S/C39H26O/c1-25-13-15-26(16-14-25)29-21-22-30-24-36(32-7-2-3-8-33(32)37(30)23-29)28-19-17-27(18-20-28)31-10-6-11-35-34-9-4-5-12-38(34)40-39(31)35/h2-24H,1H3. The highest BCUT2D eigenvalue weighted by Crippen LogP contribution is 2.39. The van der Waals surface area contributed by atoms with Gasteiger partial charge in [0.25, 0.3) is 0 Å². The van der Waals surface area contributed by atoms with Gasteiger partial charge in [0, 0.05) is 16.3 Å². The molecule has 7 aromatic carbocycles. The van der Waals surface area contributed by atoms with Crippen molar-refractivity contribution in [3.05, 3.63) is 145 Å². The lowest BCUT2D eigenvalue weighted by Gasteiger charge is -2.13. The summed E-state index contributed by atoms with van der Waals surface area (Å²) in [5, 5.41) is 7.39. The van der Waals surface area contributed by atoms with Gasteiger partial charge in [-0.15, -0.1) is 0 Å². The van der Waals surface area contributed by atoms with Gasteiger partial charge in [0.15, 0.2) is 0 Å². The quantitative estimate of drug-likeness (QED) is 0.215. The minimum atomic E-state index is 0.926. The first kappa shape index (κ1) is 22.8. The third kappa shape index (κ3) is 3.63. The van der Waals surface area contributed by atoms with Gasteiger partial charge in [-0.1, -0.05) is 127 Å². The fourth-order valence-electron chi connectivity index (χ4n) is 6.07. The summed E-state index contributed by atoms with van der Waals surface area (Å²) < 4.78 is 6.31. The molecular formula is C39H26O. The lowest BCUT2D eigenvalue weighted by molar-refractivity contribution is 0.670. The lowest BCUT2D eigenvalue weighted by Crippen LogP contribution is -1.87. The van der Waals surface area contributed by atoms with E-state index in [-0.39, 0.29) is 0 Å². The van der Waals surface area contributed by atoms with Crippen LogP contribution in [0.2, 0.25) is 0 Å². The molecule has 1 heterocycles. The van der Waals surface area contributed by atoms with Crippen molar-refractivity contribution in [1.29, 1.82) is 0 Å². The van der Waals surface area contributed by atoms with Crippen LogP contribution in [0.25, 0.3) is 76.9 Å². The molecule has 1 aromatic heterocycles. The van der Waals surface area contributed by atoms with E-state index in [1.165, 1.54) is 49.4 Å². The molecule has 0 atom stereocenters. The normalized spacial score (nSPS) is 11.6. The summed E-state index contributed by atoms with van der Waals surface area (Å²) in [4.78, 5) is 0. The minimum absolute atomic E-state index is 0.926.